The van der Waals surface area contributed by atoms with Gasteiger partial charge in [0.25, 0.3) is 0 Å². The topological polar surface area (TPSA) is 89.5 Å². The van der Waals surface area contributed by atoms with Gasteiger partial charge in [-0.3, -0.25) is 9.59 Å². The average Bonchev–Trinajstić information content (AvgIpc) is 2.99. The van der Waals surface area contributed by atoms with Gasteiger partial charge in [0.05, 0.1) is 12.7 Å². The van der Waals surface area contributed by atoms with Crippen LogP contribution < -0.4 is 0 Å². The lowest BCUT2D eigenvalue weighted by molar-refractivity contribution is -0.319. The maximum Gasteiger partial charge on any atom is 0.303 e. The van der Waals surface area contributed by atoms with E-state index in [0.29, 0.717) is 5.75 Å². The third-order valence-electron chi connectivity index (χ3n) is 6.50. The molecule has 0 aliphatic carbocycles. The van der Waals surface area contributed by atoms with Gasteiger partial charge in [-0.05, 0) is 23.3 Å². The van der Waals surface area contributed by atoms with E-state index in [1.54, 1.807) is 11.8 Å². The Morgan fingerprint density at radius 3 is 2.07 bits per heavy atom. The van der Waals surface area contributed by atoms with E-state index in [1.807, 2.05) is 91.0 Å². The summed E-state index contributed by atoms with van der Waals surface area (Å²) in [5.74, 6) is -0.385. The summed E-state index contributed by atoms with van der Waals surface area (Å²) in [6.07, 6.45) is -4.67. The highest BCUT2D eigenvalue weighted by Gasteiger charge is 2.51. The second-order valence-electron chi connectivity index (χ2n) is 9.54. The van der Waals surface area contributed by atoms with Crippen molar-refractivity contribution in [2.24, 2.45) is 0 Å². The molecule has 4 rings (SSSR count). The second kappa shape index (κ2) is 15.7. The predicted molar refractivity (Wildman–Crippen MR) is 154 cm³/mol. The highest BCUT2D eigenvalue weighted by Crippen LogP contribution is 2.35. The lowest BCUT2D eigenvalue weighted by Gasteiger charge is -2.45. The van der Waals surface area contributed by atoms with E-state index >= 15 is 0 Å². The molecule has 0 spiro atoms. The molecule has 1 aliphatic rings. The van der Waals surface area contributed by atoms with E-state index in [-0.39, 0.29) is 13.2 Å². The zero-order valence-corrected chi connectivity index (χ0v) is 24.2. The summed E-state index contributed by atoms with van der Waals surface area (Å²) < 4.78 is 36.2. The molecule has 41 heavy (non-hydrogen) atoms. The molecular formula is C32H36O8S. The summed E-state index contributed by atoms with van der Waals surface area (Å²) in [7, 11) is 1.50. The molecule has 6 atom stereocenters. The van der Waals surface area contributed by atoms with Gasteiger partial charge in [-0.15, -0.1) is 11.8 Å². The average molecular weight is 581 g/mol. The number of hydrogen-bond donors (Lipinski definition) is 0. The number of hydrogen-bond acceptors (Lipinski definition) is 9. The SMILES string of the molecule is CO[C@H]1O[C@H](COC(C)=O)[C@@H](OCc2ccccc2)[C@H](OC(C)=O)[C@H]1O[C@H](CSc1ccccc1)c1ccccc1. The number of ether oxygens (including phenoxy) is 6. The maximum absolute atomic E-state index is 12.4. The van der Waals surface area contributed by atoms with Crippen LogP contribution in [-0.2, 0) is 44.6 Å². The fourth-order valence-electron chi connectivity index (χ4n) is 4.60. The summed E-state index contributed by atoms with van der Waals surface area (Å²) >= 11 is 1.65. The smallest absolute Gasteiger partial charge is 0.303 e. The lowest BCUT2D eigenvalue weighted by atomic mass is 9.97. The summed E-state index contributed by atoms with van der Waals surface area (Å²) in [6, 6.07) is 29.5. The van der Waals surface area contributed by atoms with Gasteiger partial charge in [0.2, 0.25) is 0 Å². The number of benzene rings is 3. The van der Waals surface area contributed by atoms with Gasteiger partial charge in [-0.1, -0.05) is 78.9 Å². The molecule has 0 radical (unpaired) electrons. The van der Waals surface area contributed by atoms with Crippen molar-refractivity contribution >= 4 is 23.7 Å². The first-order chi connectivity index (χ1) is 19.9. The minimum atomic E-state index is -0.926. The Morgan fingerprint density at radius 2 is 1.46 bits per heavy atom. The number of carbonyl (C=O) groups excluding carboxylic acids is 2. The van der Waals surface area contributed by atoms with Crippen molar-refractivity contribution in [3.8, 4) is 0 Å². The molecule has 0 saturated carbocycles. The molecule has 0 N–H and O–H groups in total. The van der Waals surface area contributed by atoms with Crippen molar-refractivity contribution in [2.45, 2.75) is 62.2 Å². The number of carbonyl (C=O) groups is 2. The largest absolute Gasteiger partial charge is 0.463 e. The first kappa shape index (κ1) is 30.7. The molecule has 0 unspecified atom stereocenters. The molecule has 1 saturated heterocycles. The second-order valence-corrected chi connectivity index (χ2v) is 10.6. The standard InChI is InChI=1S/C32H36O8S/c1-22(33)36-20-27-29(37-19-24-13-7-4-8-14-24)30(38-23(2)34)31(32(35-3)40-27)39-28(25-15-9-5-10-16-25)21-41-26-17-11-6-12-18-26/h4-18,27-32H,19-21H2,1-3H3/t27-,28-,29-,30+,31-,32+/m1/s1. The van der Waals surface area contributed by atoms with Gasteiger partial charge in [-0.2, -0.15) is 0 Å². The number of rotatable bonds is 13. The van der Waals surface area contributed by atoms with Crippen LogP contribution in [0.4, 0.5) is 0 Å². The molecule has 0 amide bonds. The van der Waals surface area contributed by atoms with Crippen LogP contribution in [0, 0.1) is 0 Å². The Kier molecular flexibility index (Phi) is 11.8. The van der Waals surface area contributed by atoms with E-state index in [4.69, 9.17) is 28.4 Å². The molecule has 9 heteroatoms. The van der Waals surface area contributed by atoms with Crippen LogP contribution in [0.3, 0.4) is 0 Å². The molecule has 3 aromatic carbocycles. The van der Waals surface area contributed by atoms with E-state index in [2.05, 4.69) is 0 Å². The van der Waals surface area contributed by atoms with E-state index in [1.165, 1.54) is 21.0 Å². The van der Waals surface area contributed by atoms with Crippen LogP contribution in [-0.4, -0.2) is 62.1 Å². The fraction of sp³-hybridized carbons (Fsp3) is 0.375. The quantitative estimate of drug-likeness (QED) is 0.196. The summed E-state index contributed by atoms with van der Waals surface area (Å²) in [4.78, 5) is 25.2. The lowest BCUT2D eigenvalue weighted by Crippen LogP contribution is -2.62. The van der Waals surface area contributed by atoms with Crippen molar-refractivity contribution in [3.63, 3.8) is 0 Å². The molecule has 0 aromatic heterocycles. The Bertz CT molecular complexity index is 1210. The first-order valence-electron chi connectivity index (χ1n) is 13.5. The Labute approximate surface area is 245 Å². The third-order valence-corrected chi connectivity index (χ3v) is 7.57. The molecule has 0 bridgehead atoms. The van der Waals surface area contributed by atoms with E-state index in [9.17, 15) is 9.59 Å². The third kappa shape index (κ3) is 9.14. The Balaban J connectivity index is 1.64. The van der Waals surface area contributed by atoms with Crippen molar-refractivity contribution < 1.29 is 38.0 Å². The number of methoxy groups -OCH3 is 1. The molecule has 1 aliphatic heterocycles. The Hall–Kier alpha value is -3.21. The zero-order valence-electron chi connectivity index (χ0n) is 23.4. The van der Waals surface area contributed by atoms with Crippen molar-refractivity contribution in [3.05, 3.63) is 102 Å². The van der Waals surface area contributed by atoms with Crippen LogP contribution in [0.1, 0.15) is 31.1 Å². The van der Waals surface area contributed by atoms with Crippen LogP contribution in [0.2, 0.25) is 0 Å². The number of thioether (sulfide) groups is 1. The van der Waals surface area contributed by atoms with Gasteiger partial charge in [0.1, 0.15) is 24.9 Å². The highest BCUT2D eigenvalue weighted by atomic mass is 32.2. The van der Waals surface area contributed by atoms with Gasteiger partial charge in [0, 0.05) is 31.6 Å². The van der Waals surface area contributed by atoms with E-state index < -0.39 is 48.7 Å². The van der Waals surface area contributed by atoms with Crippen LogP contribution in [0.25, 0.3) is 0 Å². The summed E-state index contributed by atoms with van der Waals surface area (Å²) in [5.41, 5.74) is 1.88. The predicted octanol–water partition coefficient (Wildman–Crippen LogP) is 5.36. The molecule has 1 heterocycles. The number of esters is 2. The van der Waals surface area contributed by atoms with E-state index in [0.717, 1.165) is 16.0 Å². The van der Waals surface area contributed by atoms with Crippen LogP contribution in [0.5, 0.6) is 0 Å². The van der Waals surface area contributed by atoms with Crippen LogP contribution in [0.15, 0.2) is 95.9 Å². The molecule has 1 fully saturated rings. The molecule has 3 aromatic rings. The normalized spacial score (nSPS) is 23.0. The van der Waals surface area contributed by atoms with Gasteiger partial charge in [0.15, 0.2) is 12.4 Å². The van der Waals surface area contributed by atoms with Crippen molar-refractivity contribution in [2.75, 3.05) is 19.5 Å². The maximum atomic E-state index is 12.4. The fourth-order valence-corrected chi connectivity index (χ4v) is 5.56. The Morgan fingerprint density at radius 1 is 0.829 bits per heavy atom. The van der Waals surface area contributed by atoms with Gasteiger partial charge >= 0.3 is 11.9 Å². The minimum Gasteiger partial charge on any atom is -0.463 e. The molecule has 218 valence electrons. The monoisotopic (exact) mass is 580 g/mol. The highest BCUT2D eigenvalue weighted by molar-refractivity contribution is 7.99. The van der Waals surface area contributed by atoms with Crippen molar-refractivity contribution in [1.29, 1.82) is 0 Å². The summed E-state index contributed by atoms with van der Waals surface area (Å²) in [6.45, 7) is 2.77. The van der Waals surface area contributed by atoms with Crippen molar-refractivity contribution in [1.82, 2.24) is 0 Å². The molecular weight excluding hydrogens is 544 g/mol. The summed E-state index contributed by atoms with van der Waals surface area (Å²) in [5, 5.41) is 0. The van der Waals surface area contributed by atoms with Crippen LogP contribution >= 0.6 is 11.8 Å². The minimum absolute atomic E-state index is 0.106. The van der Waals surface area contributed by atoms with Gasteiger partial charge < -0.3 is 28.4 Å². The zero-order chi connectivity index (χ0) is 29.0. The van der Waals surface area contributed by atoms with Gasteiger partial charge in [-0.25, -0.2) is 0 Å². The molecule has 8 nitrogen and oxygen atoms in total. The first-order valence-corrected chi connectivity index (χ1v) is 14.5.